The number of hydrogen-bond donors (Lipinski definition) is 1. The molecule has 0 bridgehead atoms. The maximum absolute atomic E-state index is 12.6. The summed E-state index contributed by atoms with van der Waals surface area (Å²) in [5.41, 5.74) is 1.80. The van der Waals surface area contributed by atoms with Gasteiger partial charge in [0, 0.05) is 24.8 Å². The number of benzene rings is 1. The lowest BCUT2D eigenvalue weighted by Crippen LogP contribution is -2.38. The molecule has 1 fully saturated rings. The number of piperidine rings is 1. The van der Waals surface area contributed by atoms with E-state index < -0.39 is 0 Å². The smallest absolute Gasteiger partial charge is 0.272 e. The van der Waals surface area contributed by atoms with E-state index in [4.69, 9.17) is 5.26 Å². The van der Waals surface area contributed by atoms with Crippen molar-refractivity contribution < 1.29 is 4.79 Å². The Labute approximate surface area is 141 Å². The minimum absolute atomic E-state index is 0.0489. The lowest BCUT2D eigenvalue weighted by atomic mass is 9.99. The fourth-order valence-electron chi connectivity index (χ4n) is 2.69. The molecule has 1 aromatic carbocycles. The zero-order valence-electron chi connectivity index (χ0n) is 13.6. The number of nitrogens with zero attached hydrogens (tertiary/aromatic N) is 4. The van der Waals surface area contributed by atoms with Gasteiger partial charge in [-0.25, -0.2) is 9.97 Å². The van der Waals surface area contributed by atoms with Crippen LogP contribution in [-0.4, -0.2) is 33.9 Å². The van der Waals surface area contributed by atoms with Crippen LogP contribution < -0.4 is 5.32 Å². The van der Waals surface area contributed by atoms with Gasteiger partial charge in [0.05, 0.1) is 11.6 Å². The molecule has 0 aliphatic carbocycles. The van der Waals surface area contributed by atoms with Crippen molar-refractivity contribution in [2.75, 3.05) is 18.4 Å². The number of rotatable bonds is 3. The number of anilines is 2. The molecule has 3 rings (SSSR count). The molecule has 0 unspecified atom stereocenters. The van der Waals surface area contributed by atoms with Crippen molar-refractivity contribution in [1.29, 1.82) is 5.26 Å². The standard InChI is InChI=1S/C18H19N5O/c1-13-6-8-23(9-7-13)18(24)16-10-17(21-12-20-16)22-15-4-2-14(11-19)3-5-15/h2-5,10,12-13H,6-9H2,1H3,(H,20,21,22). The van der Waals surface area contributed by atoms with Gasteiger partial charge in [0.1, 0.15) is 17.8 Å². The Bertz CT molecular complexity index is 758. The third kappa shape index (κ3) is 3.69. The van der Waals surface area contributed by atoms with E-state index in [1.54, 1.807) is 30.3 Å². The molecule has 1 saturated heterocycles. The van der Waals surface area contributed by atoms with Crippen LogP contribution in [0, 0.1) is 17.2 Å². The molecule has 24 heavy (non-hydrogen) atoms. The molecule has 6 nitrogen and oxygen atoms in total. The van der Waals surface area contributed by atoms with Crippen molar-refractivity contribution in [3.8, 4) is 6.07 Å². The fraction of sp³-hybridized carbons (Fsp3) is 0.333. The van der Waals surface area contributed by atoms with Gasteiger partial charge in [0.25, 0.3) is 5.91 Å². The minimum atomic E-state index is -0.0489. The first-order chi connectivity index (χ1) is 11.7. The molecule has 6 heteroatoms. The molecular formula is C18H19N5O. The molecule has 2 aromatic rings. The molecule has 2 heterocycles. The van der Waals surface area contributed by atoms with Gasteiger partial charge in [0.15, 0.2) is 0 Å². The number of likely N-dealkylation sites (tertiary alicyclic amines) is 1. The molecule has 0 saturated carbocycles. The van der Waals surface area contributed by atoms with E-state index in [0.29, 0.717) is 23.0 Å². The normalized spacial score (nSPS) is 14.9. The van der Waals surface area contributed by atoms with Crippen molar-refractivity contribution in [3.63, 3.8) is 0 Å². The van der Waals surface area contributed by atoms with Crippen LogP contribution in [0.4, 0.5) is 11.5 Å². The van der Waals surface area contributed by atoms with E-state index in [0.717, 1.165) is 31.6 Å². The van der Waals surface area contributed by atoms with Gasteiger partial charge >= 0.3 is 0 Å². The highest BCUT2D eigenvalue weighted by atomic mass is 16.2. The van der Waals surface area contributed by atoms with E-state index >= 15 is 0 Å². The number of nitrogens with one attached hydrogen (secondary N) is 1. The predicted molar refractivity (Wildman–Crippen MR) is 90.8 cm³/mol. The Kier molecular flexibility index (Phi) is 4.71. The van der Waals surface area contributed by atoms with E-state index in [2.05, 4.69) is 28.3 Å². The Balaban J connectivity index is 1.71. The van der Waals surface area contributed by atoms with E-state index in [1.807, 2.05) is 4.90 Å². The number of nitriles is 1. The van der Waals surface area contributed by atoms with Crippen molar-refractivity contribution in [2.45, 2.75) is 19.8 Å². The number of carbonyl (C=O) groups excluding carboxylic acids is 1. The largest absolute Gasteiger partial charge is 0.340 e. The molecular weight excluding hydrogens is 302 g/mol. The third-order valence-electron chi connectivity index (χ3n) is 4.24. The Hall–Kier alpha value is -2.94. The molecule has 1 aliphatic rings. The second-order valence-corrected chi connectivity index (χ2v) is 6.08. The monoisotopic (exact) mass is 321 g/mol. The van der Waals surface area contributed by atoms with Gasteiger partial charge in [0.2, 0.25) is 0 Å². The SMILES string of the molecule is CC1CCN(C(=O)c2cc(Nc3ccc(C#N)cc3)ncn2)CC1. The molecule has 1 aromatic heterocycles. The van der Waals surface area contributed by atoms with Gasteiger partial charge in [-0.05, 0) is 43.0 Å². The van der Waals surface area contributed by atoms with Crippen LogP contribution >= 0.6 is 0 Å². The summed E-state index contributed by atoms with van der Waals surface area (Å²) in [7, 11) is 0. The first-order valence-electron chi connectivity index (χ1n) is 8.04. The minimum Gasteiger partial charge on any atom is -0.340 e. The highest BCUT2D eigenvalue weighted by molar-refractivity contribution is 5.93. The second kappa shape index (κ2) is 7.09. The summed E-state index contributed by atoms with van der Waals surface area (Å²) in [6.45, 7) is 3.77. The summed E-state index contributed by atoms with van der Waals surface area (Å²) in [5.74, 6) is 1.18. The van der Waals surface area contributed by atoms with Crippen molar-refractivity contribution in [1.82, 2.24) is 14.9 Å². The Morgan fingerprint density at radius 2 is 1.96 bits per heavy atom. The highest BCUT2D eigenvalue weighted by Gasteiger charge is 2.22. The van der Waals surface area contributed by atoms with Gasteiger partial charge in [-0.2, -0.15) is 5.26 Å². The average Bonchev–Trinajstić information content (AvgIpc) is 2.63. The summed E-state index contributed by atoms with van der Waals surface area (Å²) in [6, 6.07) is 10.8. The maximum Gasteiger partial charge on any atom is 0.272 e. The Morgan fingerprint density at radius 1 is 1.25 bits per heavy atom. The predicted octanol–water partition coefficient (Wildman–Crippen LogP) is 2.96. The number of aromatic nitrogens is 2. The molecule has 122 valence electrons. The third-order valence-corrected chi connectivity index (χ3v) is 4.24. The molecule has 0 spiro atoms. The highest BCUT2D eigenvalue weighted by Crippen LogP contribution is 2.19. The topological polar surface area (TPSA) is 81.9 Å². The van der Waals surface area contributed by atoms with Crippen LogP contribution in [0.15, 0.2) is 36.7 Å². The van der Waals surface area contributed by atoms with Gasteiger partial charge in [-0.15, -0.1) is 0 Å². The zero-order valence-corrected chi connectivity index (χ0v) is 13.6. The van der Waals surface area contributed by atoms with Crippen LogP contribution in [0.2, 0.25) is 0 Å². The van der Waals surface area contributed by atoms with Gasteiger partial charge in [-0.1, -0.05) is 6.92 Å². The maximum atomic E-state index is 12.6. The number of carbonyl (C=O) groups is 1. The van der Waals surface area contributed by atoms with Crippen LogP contribution in [0.1, 0.15) is 35.8 Å². The molecule has 0 atom stereocenters. The summed E-state index contributed by atoms with van der Waals surface area (Å²) >= 11 is 0. The number of amides is 1. The number of hydrogen-bond acceptors (Lipinski definition) is 5. The molecule has 1 aliphatic heterocycles. The van der Waals surface area contributed by atoms with Crippen LogP contribution in [0.3, 0.4) is 0 Å². The molecule has 1 N–H and O–H groups in total. The van der Waals surface area contributed by atoms with Crippen molar-refractivity contribution in [3.05, 3.63) is 47.9 Å². The van der Waals surface area contributed by atoms with Crippen molar-refractivity contribution in [2.24, 2.45) is 5.92 Å². The van der Waals surface area contributed by atoms with Gasteiger partial charge < -0.3 is 10.2 Å². The lowest BCUT2D eigenvalue weighted by Gasteiger charge is -2.30. The zero-order chi connectivity index (χ0) is 16.9. The second-order valence-electron chi connectivity index (χ2n) is 6.08. The first-order valence-corrected chi connectivity index (χ1v) is 8.04. The summed E-state index contributed by atoms with van der Waals surface area (Å²) in [6.07, 6.45) is 3.46. The first kappa shape index (κ1) is 15.9. The van der Waals surface area contributed by atoms with Crippen LogP contribution in [-0.2, 0) is 0 Å². The summed E-state index contributed by atoms with van der Waals surface area (Å²) < 4.78 is 0. The van der Waals surface area contributed by atoms with E-state index in [9.17, 15) is 4.79 Å². The van der Waals surface area contributed by atoms with Gasteiger partial charge in [-0.3, -0.25) is 4.79 Å². The molecule has 1 amide bonds. The quantitative estimate of drug-likeness (QED) is 0.940. The average molecular weight is 321 g/mol. The summed E-state index contributed by atoms with van der Waals surface area (Å²) in [5, 5.41) is 12.0. The van der Waals surface area contributed by atoms with Crippen molar-refractivity contribution >= 4 is 17.4 Å². The lowest BCUT2D eigenvalue weighted by molar-refractivity contribution is 0.0691. The summed E-state index contributed by atoms with van der Waals surface area (Å²) in [4.78, 5) is 22.7. The van der Waals surface area contributed by atoms with E-state index in [1.165, 1.54) is 6.33 Å². The molecule has 0 radical (unpaired) electrons. The Morgan fingerprint density at radius 3 is 2.62 bits per heavy atom. The van der Waals surface area contributed by atoms with Crippen LogP contribution in [0.5, 0.6) is 0 Å². The van der Waals surface area contributed by atoms with Crippen LogP contribution in [0.25, 0.3) is 0 Å². The van der Waals surface area contributed by atoms with E-state index in [-0.39, 0.29) is 5.91 Å². The fourth-order valence-corrected chi connectivity index (χ4v) is 2.69.